The van der Waals surface area contributed by atoms with Gasteiger partial charge in [0.05, 0.1) is 17.3 Å². The Balaban J connectivity index is 1.41. The van der Waals surface area contributed by atoms with Gasteiger partial charge in [-0.3, -0.25) is 9.69 Å². The number of hydrogen-bond acceptors (Lipinski definition) is 5. The minimum absolute atomic E-state index is 0.207. The Morgan fingerprint density at radius 3 is 2.62 bits per heavy atom. The van der Waals surface area contributed by atoms with Gasteiger partial charge in [-0.1, -0.05) is 0 Å². The van der Waals surface area contributed by atoms with E-state index in [1.807, 2.05) is 12.1 Å². The molecule has 29 heavy (non-hydrogen) atoms. The lowest BCUT2D eigenvalue weighted by molar-refractivity contribution is 0.102. The molecule has 150 valence electrons. The molecule has 2 aliphatic rings. The van der Waals surface area contributed by atoms with Crippen LogP contribution in [0.1, 0.15) is 42.1 Å². The molecule has 2 atom stereocenters. The van der Waals surface area contributed by atoms with Crippen LogP contribution < -0.4 is 10.2 Å². The molecule has 5 nitrogen and oxygen atoms in total. The summed E-state index contributed by atoms with van der Waals surface area (Å²) < 4.78 is 0. The van der Waals surface area contributed by atoms with Gasteiger partial charge in [0, 0.05) is 41.3 Å². The number of amides is 1. The van der Waals surface area contributed by atoms with Gasteiger partial charge in [0.15, 0.2) is 0 Å². The van der Waals surface area contributed by atoms with Crippen LogP contribution in [0.3, 0.4) is 0 Å². The normalized spacial score (nSPS) is 21.9. The number of nitrogens with one attached hydrogen (secondary N) is 1. The predicted molar refractivity (Wildman–Crippen MR) is 119 cm³/mol. The third-order valence-electron chi connectivity index (χ3n) is 6.11. The first-order chi connectivity index (χ1) is 14.0. The average Bonchev–Trinajstić information content (AvgIpc) is 3.38. The lowest BCUT2D eigenvalue weighted by atomic mass is 10.1. The second-order valence-corrected chi connectivity index (χ2v) is 8.44. The first-order valence-corrected chi connectivity index (χ1v) is 10.6. The molecule has 2 unspecified atom stereocenters. The van der Waals surface area contributed by atoms with Crippen molar-refractivity contribution in [2.45, 2.75) is 43.2 Å². The molecule has 2 aliphatic heterocycles. The summed E-state index contributed by atoms with van der Waals surface area (Å²) in [6, 6.07) is 16.0. The number of thiol groups is 1. The number of nitriles is 1. The van der Waals surface area contributed by atoms with Crippen LogP contribution in [0.4, 0.5) is 11.4 Å². The summed E-state index contributed by atoms with van der Waals surface area (Å²) in [6.07, 6.45) is 3.82. The fraction of sp³-hybridized carbons (Fsp3) is 0.391. The van der Waals surface area contributed by atoms with Crippen LogP contribution in [0, 0.1) is 11.3 Å². The molecule has 0 spiro atoms. The number of rotatable bonds is 4. The summed E-state index contributed by atoms with van der Waals surface area (Å²) >= 11 is 4.61. The molecule has 2 saturated heterocycles. The fourth-order valence-electron chi connectivity index (χ4n) is 4.46. The topological polar surface area (TPSA) is 59.4 Å². The molecular weight excluding hydrogens is 380 g/mol. The highest BCUT2D eigenvalue weighted by Crippen LogP contribution is 2.31. The summed E-state index contributed by atoms with van der Waals surface area (Å²) in [5, 5.41) is 11.8. The van der Waals surface area contributed by atoms with E-state index in [-0.39, 0.29) is 5.91 Å². The molecule has 1 N–H and O–H groups in total. The van der Waals surface area contributed by atoms with Gasteiger partial charge in [-0.2, -0.15) is 5.26 Å². The summed E-state index contributed by atoms with van der Waals surface area (Å²) in [6.45, 7) is 5.66. The molecule has 2 aromatic rings. The van der Waals surface area contributed by atoms with Crippen molar-refractivity contribution in [2.24, 2.45) is 0 Å². The first kappa shape index (κ1) is 19.8. The Morgan fingerprint density at radius 2 is 1.97 bits per heavy atom. The third-order valence-corrected chi connectivity index (χ3v) is 6.48. The highest BCUT2D eigenvalue weighted by Gasteiger charge is 2.33. The van der Waals surface area contributed by atoms with Gasteiger partial charge in [-0.25, -0.2) is 0 Å². The Bertz CT molecular complexity index is 937. The SMILES string of the molecule is CC1CCCN1C1CCN(c2ccc(NC(=O)c3ccc(C#N)cc3)c(S)c2)C1. The monoisotopic (exact) mass is 406 g/mol. The van der Waals surface area contributed by atoms with Crippen molar-refractivity contribution in [3.8, 4) is 6.07 Å². The second kappa shape index (κ2) is 8.48. The van der Waals surface area contributed by atoms with E-state index in [0.29, 0.717) is 28.9 Å². The minimum atomic E-state index is -0.207. The zero-order valence-corrected chi connectivity index (χ0v) is 17.5. The number of nitrogens with zero attached hydrogens (tertiary/aromatic N) is 3. The van der Waals surface area contributed by atoms with Crippen LogP contribution in [0.25, 0.3) is 0 Å². The maximum atomic E-state index is 12.5. The van der Waals surface area contributed by atoms with Crippen LogP contribution in [-0.2, 0) is 0 Å². The highest BCUT2D eigenvalue weighted by atomic mass is 32.1. The summed E-state index contributed by atoms with van der Waals surface area (Å²) in [7, 11) is 0. The van der Waals surface area contributed by atoms with Crippen LogP contribution in [0.2, 0.25) is 0 Å². The highest BCUT2D eigenvalue weighted by molar-refractivity contribution is 7.80. The van der Waals surface area contributed by atoms with Crippen LogP contribution in [0.5, 0.6) is 0 Å². The fourth-order valence-corrected chi connectivity index (χ4v) is 4.72. The zero-order valence-electron chi connectivity index (χ0n) is 16.6. The quantitative estimate of drug-likeness (QED) is 0.749. The minimum Gasteiger partial charge on any atom is -0.370 e. The van der Waals surface area contributed by atoms with Gasteiger partial charge in [0.1, 0.15) is 0 Å². The van der Waals surface area contributed by atoms with E-state index in [0.717, 1.165) is 23.7 Å². The van der Waals surface area contributed by atoms with Gasteiger partial charge in [0.25, 0.3) is 5.91 Å². The Hall–Kier alpha value is -2.49. The second-order valence-electron chi connectivity index (χ2n) is 7.96. The van der Waals surface area contributed by atoms with E-state index >= 15 is 0 Å². The molecule has 1 amide bonds. The van der Waals surface area contributed by atoms with E-state index in [4.69, 9.17) is 5.26 Å². The lowest BCUT2D eigenvalue weighted by Crippen LogP contribution is -2.39. The molecule has 2 heterocycles. The molecule has 2 fully saturated rings. The molecule has 4 rings (SSSR count). The molecule has 2 aromatic carbocycles. The number of benzene rings is 2. The number of carbonyl (C=O) groups is 1. The molecule has 0 aromatic heterocycles. The maximum Gasteiger partial charge on any atom is 0.255 e. The number of likely N-dealkylation sites (tertiary alicyclic amines) is 1. The van der Waals surface area contributed by atoms with Crippen molar-refractivity contribution >= 4 is 29.9 Å². The van der Waals surface area contributed by atoms with Gasteiger partial charge in [-0.05, 0) is 75.2 Å². The summed E-state index contributed by atoms with van der Waals surface area (Å²) in [5.74, 6) is -0.207. The smallest absolute Gasteiger partial charge is 0.255 e. The van der Waals surface area contributed by atoms with Crippen molar-refractivity contribution in [2.75, 3.05) is 29.9 Å². The molecule has 0 aliphatic carbocycles. The van der Waals surface area contributed by atoms with Crippen LogP contribution in [0.15, 0.2) is 47.4 Å². The van der Waals surface area contributed by atoms with Gasteiger partial charge in [0.2, 0.25) is 0 Å². The van der Waals surface area contributed by atoms with E-state index in [1.165, 1.54) is 25.8 Å². The number of anilines is 2. The number of hydrogen-bond donors (Lipinski definition) is 2. The molecular formula is C23H26N4OS. The van der Waals surface area contributed by atoms with Gasteiger partial charge < -0.3 is 10.2 Å². The molecule has 0 saturated carbocycles. The van der Waals surface area contributed by atoms with Crippen molar-refractivity contribution in [1.29, 1.82) is 5.26 Å². The Labute approximate surface area is 177 Å². The van der Waals surface area contributed by atoms with E-state index in [1.54, 1.807) is 24.3 Å². The summed E-state index contributed by atoms with van der Waals surface area (Å²) in [5.41, 5.74) is 2.90. The first-order valence-electron chi connectivity index (χ1n) is 10.2. The van der Waals surface area contributed by atoms with Crippen molar-refractivity contribution in [1.82, 2.24) is 4.90 Å². The van der Waals surface area contributed by atoms with Gasteiger partial charge >= 0.3 is 0 Å². The largest absolute Gasteiger partial charge is 0.370 e. The predicted octanol–water partition coefficient (Wildman–Crippen LogP) is 4.16. The molecule has 0 bridgehead atoms. The van der Waals surface area contributed by atoms with E-state index < -0.39 is 0 Å². The Morgan fingerprint density at radius 1 is 1.17 bits per heavy atom. The third kappa shape index (κ3) is 4.26. The van der Waals surface area contributed by atoms with Crippen LogP contribution in [-0.4, -0.2) is 42.5 Å². The number of carbonyl (C=O) groups excluding carboxylic acids is 1. The Kier molecular flexibility index (Phi) is 5.79. The standard InChI is InChI=1S/C23H26N4OS/c1-16-3-2-11-27(16)20-10-12-26(15-20)19-8-9-21(22(29)13-19)25-23(28)18-6-4-17(14-24)5-7-18/h4-9,13,16,20,29H,2-3,10-12,15H2,1H3,(H,25,28). The molecule has 0 radical (unpaired) electrons. The molecule has 6 heteroatoms. The summed E-state index contributed by atoms with van der Waals surface area (Å²) in [4.78, 5) is 18.3. The average molecular weight is 407 g/mol. The van der Waals surface area contributed by atoms with Crippen molar-refractivity contribution in [3.63, 3.8) is 0 Å². The van der Waals surface area contributed by atoms with Crippen LogP contribution >= 0.6 is 12.6 Å². The van der Waals surface area contributed by atoms with Crippen molar-refractivity contribution < 1.29 is 4.79 Å². The van der Waals surface area contributed by atoms with Crippen molar-refractivity contribution in [3.05, 3.63) is 53.6 Å². The van der Waals surface area contributed by atoms with Gasteiger partial charge in [-0.15, -0.1) is 12.6 Å². The lowest BCUT2D eigenvalue weighted by Gasteiger charge is -2.28. The van der Waals surface area contributed by atoms with E-state index in [2.05, 4.69) is 46.8 Å². The van der Waals surface area contributed by atoms with E-state index in [9.17, 15) is 4.79 Å². The maximum absolute atomic E-state index is 12.5. The zero-order chi connectivity index (χ0) is 20.4.